The maximum Gasteiger partial charge on any atom is 0.288 e. The van der Waals surface area contributed by atoms with Gasteiger partial charge in [-0.2, -0.15) is 5.10 Å². The quantitative estimate of drug-likeness (QED) is 0.770. The lowest BCUT2D eigenvalue weighted by Crippen LogP contribution is -2.58. The number of nitrogens with one attached hydrogen (secondary N) is 2. The third kappa shape index (κ3) is 3.54. The van der Waals surface area contributed by atoms with Crippen molar-refractivity contribution < 1.29 is 9.32 Å². The Morgan fingerprint density at radius 2 is 2.17 bits per heavy atom. The zero-order valence-electron chi connectivity index (χ0n) is 17.0. The number of carbonyl (C=O) groups excluding carboxylic acids is 1. The third-order valence-corrected chi connectivity index (χ3v) is 7.23. The maximum absolute atomic E-state index is 12.6. The number of amides is 1. The number of rotatable bonds is 5. The molecule has 156 valence electrons. The highest BCUT2D eigenvalue weighted by Gasteiger charge is 2.56. The molecule has 2 bridgehead atoms. The van der Waals surface area contributed by atoms with Crippen molar-refractivity contribution in [1.29, 1.82) is 0 Å². The topological polar surface area (TPSA) is 102 Å². The molecule has 3 fully saturated rings. The Bertz CT molecular complexity index is 998. The Hall–Kier alpha value is -2.35. The van der Waals surface area contributed by atoms with Gasteiger partial charge in [-0.15, -0.1) is 0 Å². The molecule has 3 aliphatic carbocycles. The number of nitrogens with zero attached hydrogens (tertiary/aromatic N) is 3. The minimum Gasteiger partial charge on any atom is -0.379 e. The lowest BCUT2D eigenvalue weighted by molar-refractivity contribution is -0.117. The monoisotopic (exact) mass is 419 g/mol. The standard InChI is InChI=1S/C20H26ClN5O3/c1-10-5-17(29-25-10)24-16(27)9-26-19(28)18(21)15(8-22-26)23-14-7-12-6-13(11(14)2)20(12,3)4/h5,8,11-14,23H,6-7,9H2,1-4H3,(H,24,27)/t11-,12+,13-,14-/m1/s1. The summed E-state index contributed by atoms with van der Waals surface area (Å²) < 4.78 is 5.98. The van der Waals surface area contributed by atoms with Gasteiger partial charge in [0.05, 0.1) is 17.6 Å². The van der Waals surface area contributed by atoms with E-state index in [-0.39, 0.29) is 23.5 Å². The molecule has 4 atom stereocenters. The smallest absolute Gasteiger partial charge is 0.288 e. The highest BCUT2D eigenvalue weighted by Crippen LogP contribution is 2.61. The second-order valence-electron chi connectivity index (χ2n) is 8.92. The molecule has 2 N–H and O–H groups in total. The van der Waals surface area contributed by atoms with Crippen molar-refractivity contribution in [3.05, 3.63) is 33.3 Å². The van der Waals surface area contributed by atoms with Crippen LogP contribution in [0.4, 0.5) is 11.6 Å². The molecule has 0 unspecified atom stereocenters. The molecule has 3 aliphatic rings. The van der Waals surface area contributed by atoms with Gasteiger partial charge < -0.3 is 9.84 Å². The fraction of sp³-hybridized carbons (Fsp3) is 0.600. The van der Waals surface area contributed by atoms with Crippen LogP contribution in [0.5, 0.6) is 0 Å². The van der Waals surface area contributed by atoms with Gasteiger partial charge in [-0.25, -0.2) is 4.68 Å². The van der Waals surface area contributed by atoms with E-state index in [0.29, 0.717) is 34.6 Å². The molecule has 2 heterocycles. The van der Waals surface area contributed by atoms with E-state index in [1.54, 1.807) is 13.0 Å². The summed E-state index contributed by atoms with van der Waals surface area (Å²) in [6.07, 6.45) is 3.86. The summed E-state index contributed by atoms with van der Waals surface area (Å²) in [5, 5.41) is 13.8. The Labute approximate surface area is 174 Å². The lowest BCUT2D eigenvalue weighted by atomic mass is 9.45. The molecule has 2 aromatic heterocycles. The Balaban J connectivity index is 1.44. The first-order valence-electron chi connectivity index (χ1n) is 9.92. The number of aromatic nitrogens is 3. The zero-order valence-corrected chi connectivity index (χ0v) is 17.8. The average Bonchev–Trinajstić information content (AvgIpc) is 3.06. The van der Waals surface area contributed by atoms with Crippen LogP contribution in [0.2, 0.25) is 5.02 Å². The van der Waals surface area contributed by atoms with Gasteiger partial charge in [-0.05, 0) is 42.9 Å². The molecule has 0 radical (unpaired) electrons. The number of carbonyl (C=O) groups is 1. The van der Waals surface area contributed by atoms with Crippen molar-refractivity contribution in [2.24, 2.45) is 23.2 Å². The number of hydrogen-bond acceptors (Lipinski definition) is 6. The van der Waals surface area contributed by atoms with Crippen LogP contribution in [0, 0.1) is 30.1 Å². The van der Waals surface area contributed by atoms with Crippen molar-refractivity contribution in [1.82, 2.24) is 14.9 Å². The Morgan fingerprint density at radius 1 is 1.41 bits per heavy atom. The first kappa shape index (κ1) is 19.9. The summed E-state index contributed by atoms with van der Waals surface area (Å²) in [6.45, 7) is 8.43. The van der Waals surface area contributed by atoms with Crippen LogP contribution >= 0.6 is 11.6 Å². The lowest BCUT2D eigenvalue weighted by Gasteiger charge is -2.62. The minimum absolute atomic E-state index is 0.0500. The molecule has 8 nitrogen and oxygen atoms in total. The highest BCUT2D eigenvalue weighted by atomic mass is 35.5. The fourth-order valence-corrected chi connectivity index (χ4v) is 5.15. The molecular formula is C20H26ClN5O3. The van der Waals surface area contributed by atoms with Gasteiger partial charge in [0.2, 0.25) is 11.8 Å². The van der Waals surface area contributed by atoms with Crippen molar-refractivity contribution in [3.8, 4) is 0 Å². The van der Waals surface area contributed by atoms with E-state index in [1.807, 2.05) is 0 Å². The third-order valence-electron chi connectivity index (χ3n) is 6.86. The van der Waals surface area contributed by atoms with Crippen molar-refractivity contribution in [3.63, 3.8) is 0 Å². The van der Waals surface area contributed by atoms with Crippen LogP contribution in [0.15, 0.2) is 21.6 Å². The SMILES string of the molecule is Cc1cc(NC(=O)Cn2ncc(N[C@@H]3C[C@@H]4C[C@H]([C@H]3C)C4(C)C)c(Cl)c2=O)on1. The van der Waals surface area contributed by atoms with Gasteiger partial charge in [-0.1, -0.05) is 37.5 Å². The van der Waals surface area contributed by atoms with Crippen LogP contribution in [0.1, 0.15) is 39.3 Å². The summed E-state index contributed by atoms with van der Waals surface area (Å²) in [5.41, 5.74) is 1.05. The zero-order chi connectivity index (χ0) is 20.9. The van der Waals surface area contributed by atoms with Crippen LogP contribution in [0.25, 0.3) is 0 Å². The summed E-state index contributed by atoms with van der Waals surface area (Å²) in [4.78, 5) is 24.7. The summed E-state index contributed by atoms with van der Waals surface area (Å²) in [6, 6.07) is 1.85. The van der Waals surface area contributed by atoms with E-state index in [9.17, 15) is 9.59 Å². The first-order chi connectivity index (χ1) is 13.7. The van der Waals surface area contributed by atoms with E-state index in [1.165, 1.54) is 12.6 Å². The van der Waals surface area contributed by atoms with Crippen LogP contribution in [-0.4, -0.2) is 26.9 Å². The largest absolute Gasteiger partial charge is 0.379 e. The Kier molecular flexibility index (Phi) is 4.93. The van der Waals surface area contributed by atoms with E-state index in [2.05, 4.69) is 41.7 Å². The predicted octanol–water partition coefficient (Wildman–Crippen LogP) is 3.31. The number of hydrogen-bond donors (Lipinski definition) is 2. The number of anilines is 2. The van der Waals surface area contributed by atoms with Crippen molar-refractivity contribution in [2.75, 3.05) is 10.6 Å². The second-order valence-corrected chi connectivity index (χ2v) is 9.30. The molecule has 0 aliphatic heterocycles. The van der Waals surface area contributed by atoms with Crippen LogP contribution in [-0.2, 0) is 11.3 Å². The molecule has 9 heteroatoms. The summed E-state index contributed by atoms with van der Waals surface area (Å²) >= 11 is 6.32. The van der Waals surface area contributed by atoms with Gasteiger partial charge in [0.25, 0.3) is 5.56 Å². The number of halogens is 1. The molecule has 29 heavy (non-hydrogen) atoms. The van der Waals surface area contributed by atoms with E-state index in [4.69, 9.17) is 16.1 Å². The fourth-order valence-electron chi connectivity index (χ4n) is 4.95. The van der Waals surface area contributed by atoms with E-state index >= 15 is 0 Å². The number of fused-ring (bicyclic) bond motifs is 2. The normalized spacial score (nSPS) is 27.2. The van der Waals surface area contributed by atoms with Crippen LogP contribution < -0.4 is 16.2 Å². The molecule has 0 aromatic carbocycles. The molecule has 3 saturated carbocycles. The Morgan fingerprint density at radius 3 is 2.79 bits per heavy atom. The molecule has 1 amide bonds. The number of aryl methyl sites for hydroxylation is 1. The molecule has 0 saturated heterocycles. The van der Waals surface area contributed by atoms with Gasteiger partial charge in [0.1, 0.15) is 11.6 Å². The van der Waals surface area contributed by atoms with Crippen molar-refractivity contribution >= 4 is 29.1 Å². The highest BCUT2D eigenvalue weighted by molar-refractivity contribution is 6.32. The van der Waals surface area contributed by atoms with Gasteiger partial charge in [0.15, 0.2) is 0 Å². The predicted molar refractivity (Wildman–Crippen MR) is 110 cm³/mol. The molecule has 5 rings (SSSR count). The maximum atomic E-state index is 12.6. The average molecular weight is 420 g/mol. The molecule has 2 aromatic rings. The van der Waals surface area contributed by atoms with E-state index in [0.717, 1.165) is 11.1 Å². The van der Waals surface area contributed by atoms with Gasteiger partial charge >= 0.3 is 0 Å². The van der Waals surface area contributed by atoms with Crippen LogP contribution in [0.3, 0.4) is 0 Å². The van der Waals surface area contributed by atoms with Gasteiger partial charge in [0, 0.05) is 12.1 Å². The summed E-state index contributed by atoms with van der Waals surface area (Å²) in [5.74, 6) is 1.63. The van der Waals surface area contributed by atoms with Crippen molar-refractivity contribution in [2.45, 2.75) is 53.1 Å². The first-order valence-corrected chi connectivity index (χ1v) is 10.3. The minimum atomic E-state index is -0.505. The van der Waals surface area contributed by atoms with Gasteiger partial charge in [-0.3, -0.25) is 14.9 Å². The van der Waals surface area contributed by atoms with E-state index < -0.39 is 11.5 Å². The molecular weight excluding hydrogens is 394 g/mol. The molecule has 0 spiro atoms. The summed E-state index contributed by atoms with van der Waals surface area (Å²) in [7, 11) is 0. The second kappa shape index (κ2) is 7.16.